The van der Waals surface area contributed by atoms with Crippen molar-refractivity contribution in [3.05, 3.63) is 0 Å². The highest BCUT2D eigenvalue weighted by atomic mass is 16.3. The van der Waals surface area contributed by atoms with Gasteiger partial charge in [-0.1, -0.05) is 27.2 Å². The van der Waals surface area contributed by atoms with Crippen LogP contribution in [0, 0.1) is 11.3 Å². The second kappa shape index (κ2) is 4.30. The summed E-state index contributed by atoms with van der Waals surface area (Å²) in [7, 11) is 0. The summed E-state index contributed by atoms with van der Waals surface area (Å²) >= 11 is 0. The second-order valence-corrected chi connectivity index (χ2v) is 5.20. The number of rotatable bonds is 2. The summed E-state index contributed by atoms with van der Waals surface area (Å²) in [6.07, 6.45) is 3.15. The molecule has 82 valence electrons. The smallest absolute Gasteiger partial charge is 0.225 e. The van der Waals surface area contributed by atoms with Crippen LogP contribution in [0.15, 0.2) is 0 Å². The maximum atomic E-state index is 11.7. The Labute approximate surface area is 85.9 Å². The quantitative estimate of drug-likeness (QED) is 0.704. The number of carbonyl (C=O) groups excluding carboxylic acids is 1. The Hall–Kier alpha value is -0.570. The highest BCUT2D eigenvalue weighted by Gasteiger charge is 2.31. The van der Waals surface area contributed by atoms with Crippen molar-refractivity contribution in [3.63, 3.8) is 0 Å². The van der Waals surface area contributed by atoms with E-state index in [-0.39, 0.29) is 29.9 Å². The van der Waals surface area contributed by atoms with Gasteiger partial charge in [0.2, 0.25) is 5.91 Å². The molecule has 0 aromatic heterocycles. The molecule has 14 heavy (non-hydrogen) atoms. The molecule has 0 bridgehead atoms. The average molecular weight is 199 g/mol. The minimum atomic E-state index is -0.331. The van der Waals surface area contributed by atoms with Crippen molar-refractivity contribution in [3.8, 4) is 0 Å². The summed E-state index contributed by atoms with van der Waals surface area (Å²) in [5.41, 5.74) is -0.331. The zero-order chi connectivity index (χ0) is 10.8. The molecule has 2 N–H and O–H groups in total. The van der Waals surface area contributed by atoms with E-state index in [2.05, 4.69) is 5.32 Å². The topological polar surface area (TPSA) is 49.3 Å². The third-order valence-corrected chi connectivity index (χ3v) is 2.89. The molecule has 1 saturated carbocycles. The third kappa shape index (κ3) is 2.71. The molecule has 1 aliphatic carbocycles. The van der Waals surface area contributed by atoms with Crippen molar-refractivity contribution in [2.24, 2.45) is 11.3 Å². The van der Waals surface area contributed by atoms with Gasteiger partial charge in [0.05, 0.1) is 0 Å². The lowest BCUT2D eigenvalue weighted by Gasteiger charge is -2.24. The first-order valence-electron chi connectivity index (χ1n) is 5.37. The molecular formula is C11H21NO2. The minimum absolute atomic E-state index is 0.0860. The molecule has 0 heterocycles. The number of nitrogens with one attached hydrogen (secondary N) is 1. The molecule has 0 aromatic rings. The van der Waals surface area contributed by atoms with Crippen molar-refractivity contribution in [2.45, 2.75) is 46.1 Å². The number of hydrogen-bond donors (Lipinski definition) is 2. The van der Waals surface area contributed by atoms with E-state index >= 15 is 0 Å². The van der Waals surface area contributed by atoms with Gasteiger partial charge in [0, 0.05) is 24.0 Å². The van der Waals surface area contributed by atoms with E-state index in [0.717, 1.165) is 19.3 Å². The predicted molar refractivity (Wildman–Crippen MR) is 55.8 cm³/mol. The van der Waals surface area contributed by atoms with Gasteiger partial charge < -0.3 is 10.4 Å². The van der Waals surface area contributed by atoms with E-state index in [1.807, 2.05) is 20.8 Å². The van der Waals surface area contributed by atoms with E-state index in [0.29, 0.717) is 0 Å². The first kappa shape index (κ1) is 11.5. The zero-order valence-corrected chi connectivity index (χ0v) is 9.34. The standard InChI is InChI=1S/C11H21NO2/c1-11(2,3)10(14)12-9-6-4-5-8(9)7-13/h8-9,13H,4-7H2,1-3H3,(H,12,14). The third-order valence-electron chi connectivity index (χ3n) is 2.89. The van der Waals surface area contributed by atoms with E-state index in [1.54, 1.807) is 0 Å². The van der Waals surface area contributed by atoms with E-state index in [1.165, 1.54) is 0 Å². The van der Waals surface area contributed by atoms with E-state index in [4.69, 9.17) is 5.11 Å². The summed E-state index contributed by atoms with van der Waals surface area (Å²) in [6, 6.07) is 0.187. The maximum Gasteiger partial charge on any atom is 0.225 e. The van der Waals surface area contributed by atoms with Crippen LogP contribution < -0.4 is 5.32 Å². The van der Waals surface area contributed by atoms with Crippen LogP contribution in [0.2, 0.25) is 0 Å². The summed E-state index contributed by atoms with van der Waals surface area (Å²) < 4.78 is 0. The fourth-order valence-corrected chi connectivity index (χ4v) is 1.83. The second-order valence-electron chi connectivity index (χ2n) is 5.20. The van der Waals surface area contributed by atoms with Crippen molar-refractivity contribution >= 4 is 5.91 Å². The Morgan fingerprint density at radius 2 is 2.07 bits per heavy atom. The molecule has 3 nitrogen and oxygen atoms in total. The first-order chi connectivity index (χ1) is 6.45. The molecule has 3 heteroatoms. The lowest BCUT2D eigenvalue weighted by atomic mass is 9.94. The molecule has 0 spiro atoms. The Morgan fingerprint density at radius 3 is 2.57 bits per heavy atom. The van der Waals surface area contributed by atoms with Gasteiger partial charge in [-0.25, -0.2) is 0 Å². The molecule has 0 radical (unpaired) electrons. The lowest BCUT2D eigenvalue weighted by Crippen LogP contribution is -2.44. The van der Waals surface area contributed by atoms with Gasteiger partial charge in [0.25, 0.3) is 0 Å². The van der Waals surface area contributed by atoms with Crippen LogP contribution in [0.3, 0.4) is 0 Å². The van der Waals surface area contributed by atoms with Gasteiger partial charge in [0.15, 0.2) is 0 Å². The van der Waals surface area contributed by atoms with Crippen LogP contribution in [0.25, 0.3) is 0 Å². The van der Waals surface area contributed by atoms with Crippen LogP contribution in [-0.2, 0) is 4.79 Å². The van der Waals surface area contributed by atoms with Crippen LogP contribution in [0.5, 0.6) is 0 Å². The largest absolute Gasteiger partial charge is 0.396 e. The van der Waals surface area contributed by atoms with Gasteiger partial charge in [0.1, 0.15) is 0 Å². The number of carbonyl (C=O) groups is 1. The number of amides is 1. The Bertz CT molecular complexity index is 208. The van der Waals surface area contributed by atoms with Crippen molar-refractivity contribution in [1.82, 2.24) is 5.32 Å². The molecule has 0 saturated heterocycles. The molecule has 1 amide bonds. The Balaban J connectivity index is 2.48. The molecule has 1 aliphatic rings. The predicted octanol–water partition coefficient (Wildman–Crippen LogP) is 1.31. The summed E-state index contributed by atoms with van der Waals surface area (Å²) in [5.74, 6) is 0.351. The van der Waals surface area contributed by atoms with Gasteiger partial charge >= 0.3 is 0 Å². The molecule has 0 aromatic carbocycles. The lowest BCUT2D eigenvalue weighted by molar-refractivity contribution is -0.129. The Kier molecular flexibility index (Phi) is 3.53. The average Bonchev–Trinajstić information content (AvgIpc) is 2.50. The van der Waals surface area contributed by atoms with Crippen LogP contribution in [0.4, 0.5) is 0 Å². The highest BCUT2D eigenvalue weighted by Crippen LogP contribution is 2.26. The Morgan fingerprint density at radius 1 is 1.43 bits per heavy atom. The molecular weight excluding hydrogens is 178 g/mol. The minimum Gasteiger partial charge on any atom is -0.396 e. The molecule has 1 fully saturated rings. The monoisotopic (exact) mass is 199 g/mol. The summed E-state index contributed by atoms with van der Waals surface area (Å²) in [4.78, 5) is 11.7. The summed E-state index contributed by atoms with van der Waals surface area (Å²) in [5, 5.41) is 12.1. The zero-order valence-electron chi connectivity index (χ0n) is 9.34. The maximum absolute atomic E-state index is 11.7. The summed E-state index contributed by atoms with van der Waals surface area (Å²) in [6.45, 7) is 5.91. The molecule has 2 atom stereocenters. The molecule has 2 unspecified atom stereocenters. The van der Waals surface area contributed by atoms with Crippen LogP contribution >= 0.6 is 0 Å². The molecule has 1 rings (SSSR count). The number of aliphatic hydroxyl groups is 1. The highest BCUT2D eigenvalue weighted by molar-refractivity contribution is 5.81. The van der Waals surface area contributed by atoms with E-state index < -0.39 is 0 Å². The van der Waals surface area contributed by atoms with Gasteiger partial charge in [-0.2, -0.15) is 0 Å². The van der Waals surface area contributed by atoms with Crippen LogP contribution in [0.1, 0.15) is 40.0 Å². The van der Waals surface area contributed by atoms with Crippen molar-refractivity contribution in [2.75, 3.05) is 6.61 Å². The first-order valence-corrected chi connectivity index (χ1v) is 5.37. The van der Waals surface area contributed by atoms with Crippen molar-refractivity contribution < 1.29 is 9.90 Å². The van der Waals surface area contributed by atoms with E-state index in [9.17, 15) is 4.79 Å². The SMILES string of the molecule is CC(C)(C)C(=O)NC1CCCC1CO. The normalized spacial score (nSPS) is 27.7. The van der Waals surface area contributed by atoms with Gasteiger partial charge in [-0.15, -0.1) is 0 Å². The van der Waals surface area contributed by atoms with Gasteiger partial charge in [-0.05, 0) is 12.8 Å². The number of hydrogen-bond acceptors (Lipinski definition) is 2. The molecule has 0 aliphatic heterocycles. The van der Waals surface area contributed by atoms with Crippen molar-refractivity contribution in [1.29, 1.82) is 0 Å². The van der Waals surface area contributed by atoms with Gasteiger partial charge in [-0.3, -0.25) is 4.79 Å². The van der Waals surface area contributed by atoms with Crippen LogP contribution in [-0.4, -0.2) is 23.7 Å². The number of aliphatic hydroxyl groups excluding tert-OH is 1. The fraction of sp³-hybridized carbons (Fsp3) is 0.909. The fourth-order valence-electron chi connectivity index (χ4n) is 1.83.